The number of amides is 1. The lowest BCUT2D eigenvalue weighted by molar-refractivity contribution is -0.131. The molecular formula is C5H10INO2. The van der Waals surface area contributed by atoms with E-state index in [0.29, 0.717) is 10.3 Å². The molecule has 0 aromatic rings. The number of halogens is 1. The molecule has 0 bridgehead atoms. The van der Waals surface area contributed by atoms with Crippen LogP contribution in [-0.4, -0.2) is 16.9 Å². The first-order chi connectivity index (χ1) is 4.16. The van der Waals surface area contributed by atoms with Crippen molar-refractivity contribution >= 4 is 28.5 Å². The van der Waals surface area contributed by atoms with Crippen LogP contribution in [0.3, 0.4) is 0 Å². The fourth-order valence-electron chi connectivity index (χ4n) is 0.411. The van der Waals surface area contributed by atoms with Crippen molar-refractivity contribution in [3.05, 3.63) is 0 Å². The topological polar surface area (TPSA) is 38.3 Å². The van der Waals surface area contributed by atoms with E-state index >= 15 is 0 Å². The van der Waals surface area contributed by atoms with Crippen molar-refractivity contribution in [2.75, 3.05) is 7.11 Å². The lowest BCUT2D eigenvalue weighted by Gasteiger charge is -2.01. The first kappa shape index (κ1) is 9.16. The zero-order valence-electron chi connectivity index (χ0n) is 5.48. The monoisotopic (exact) mass is 243 g/mol. The molecule has 1 amide bonds. The number of alkyl halides is 1. The summed E-state index contributed by atoms with van der Waals surface area (Å²) in [5.41, 5.74) is 2.23. The average molecular weight is 243 g/mol. The van der Waals surface area contributed by atoms with Crippen molar-refractivity contribution in [1.82, 2.24) is 5.48 Å². The van der Waals surface area contributed by atoms with E-state index < -0.39 is 0 Å². The number of hydrogen-bond acceptors (Lipinski definition) is 2. The third kappa shape index (κ3) is 6.04. The van der Waals surface area contributed by atoms with Gasteiger partial charge in [-0.2, -0.15) is 0 Å². The van der Waals surface area contributed by atoms with Crippen molar-refractivity contribution in [3.8, 4) is 0 Å². The highest BCUT2D eigenvalue weighted by molar-refractivity contribution is 14.1. The van der Waals surface area contributed by atoms with Crippen LogP contribution in [0.15, 0.2) is 0 Å². The highest BCUT2D eigenvalue weighted by Crippen LogP contribution is 2.02. The van der Waals surface area contributed by atoms with E-state index in [4.69, 9.17) is 0 Å². The Hall–Kier alpha value is 0.160. The van der Waals surface area contributed by atoms with Gasteiger partial charge in [0.15, 0.2) is 0 Å². The van der Waals surface area contributed by atoms with E-state index in [9.17, 15) is 4.79 Å². The van der Waals surface area contributed by atoms with Gasteiger partial charge in [-0.3, -0.25) is 9.63 Å². The summed E-state index contributed by atoms with van der Waals surface area (Å²) >= 11 is 2.18. The second-order valence-corrected chi connectivity index (χ2v) is 3.84. The van der Waals surface area contributed by atoms with E-state index in [1.54, 1.807) is 0 Å². The lowest BCUT2D eigenvalue weighted by Crippen LogP contribution is -2.23. The smallest absolute Gasteiger partial charge is 0.244 e. The molecule has 3 nitrogen and oxygen atoms in total. The first-order valence-electron chi connectivity index (χ1n) is 2.62. The van der Waals surface area contributed by atoms with Crippen LogP contribution in [-0.2, 0) is 9.63 Å². The standard InChI is InChI=1S/C5H10INO2/c1-4(6)3-5(8)7-9-2/h4H,3H2,1-2H3,(H,7,8). The Morgan fingerprint density at radius 1 is 1.89 bits per heavy atom. The van der Waals surface area contributed by atoms with Crippen LogP contribution in [0.25, 0.3) is 0 Å². The fraction of sp³-hybridized carbons (Fsp3) is 0.800. The Morgan fingerprint density at radius 3 is 2.78 bits per heavy atom. The second-order valence-electron chi connectivity index (χ2n) is 1.71. The molecule has 0 heterocycles. The van der Waals surface area contributed by atoms with Crippen molar-refractivity contribution in [2.24, 2.45) is 0 Å². The predicted octanol–water partition coefficient (Wildman–Crippen LogP) is 0.878. The number of hydroxylamine groups is 1. The van der Waals surface area contributed by atoms with Crippen molar-refractivity contribution in [1.29, 1.82) is 0 Å². The van der Waals surface area contributed by atoms with Crippen molar-refractivity contribution in [3.63, 3.8) is 0 Å². The predicted molar refractivity (Wildman–Crippen MR) is 43.3 cm³/mol. The summed E-state index contributed by atoms with van der Waals surface area (Å²) < 4.78 is 0.359. The number of hydrogen-bond donors (Lipinski definition) is 1. The molecule has 0 spiro atoms. The number of rotatable bonds is 3. The molecule has 0 aromatic carbocycles. The number of nitrogens with one attached hydrogen (secondary N) is 1. The van der Waals surface area contributed by atoms with Crippen LogP contribution in [0, 0.1) is 0 Å². The van der Waals surface area contributed by atoms with Crippen molar-refractivity contribution in [2.45, 2.75) is 17.3 Å². The van der Waals surface area contributed by atoms with Crippen molar-refractivity contribution < 1.29 is 9.63 Å². The molecule has 0 fully saturated rings. The van der Waals surface area contributed by atoms with E-state index in [-0.39, 0.29) is 5.91 Å². The summed E-state index contributed by atoms with van der Waals surface area (Å²) in [5.74, 6) is -0.0700. The molecule has 0 saturated carbocycles. The van der Waals surface area contributed by atoms with Crippen LogP contribution in [0.4, 0.5) is 0 Å². The molecule has 0 aliphatic heterocycles. The molecule has 4 heteroatoms. The van der Waals surface area contributed by atoms with Gasteiger partial charge in [0.2, 0.25) is 5.91 Å². The van der Waals surface area contributed by atoms with Gasteiger partial charge in [0.1, 0.15) is 0 Å². The quantitative estimate of drug-likeness (QED) is 0.454. The Balaban J connectivity index is 3.27. The summed E-state index contributed by atoms with van der Waals surface area (Å²) in [6, 6.07) is 0. The zero-order valence-corrected chi connectivity index (χ0v) is 7.64. The van der Waals surface area contributed by atoms with Gasteiger partial charge in [0, 0.05) is 10.3 Å². The average Bonchev–Trinajstić information content (AvgIpc) is 1.63. The zero-order chi connectivity index (χ0) is 7.28. The lowest BCUT2D eigenvalue weighted by atomic mass is 10.3. The third-order valence-corrected chi connectivity index (χ3v) is 1.12. The fourth-order valence-corrected chi connectivity index (χ4v) is 0.811. The van der Waals surface area contributed by atoms with Crippen LogP contribution < -0.4 is 5.48 Å². The Labute approximate surface area is 68.2 Å². The van der Waals surface area contributed by atoms with E-state index in [0.717, 1.165) is 0 Å². The van der Waals surface area contributed by atoms with Gasteiger partial charge in [0.05, 0.1) is 7.11 Å². The van der Waals surface area contributed by atoms with Crippen LogP contribution in [0.2, 0.25) is 0 Å². The van der Waals surface area contributed by atoms with Gasteiger partial charge in [-0.25, -0.2) is 5.48 Å². The van der Waals surface area contributed by atoms with Gasteiger partial charge < -0.3 is 0 Å². The molecule has 0 radical (unpaired) electrons. The van der Waals surface area contributed by atoms with Crippen LogP contribution in [0.5, 0.6) is 0 Å². The van der Waals surface area contributed by atoms with E-state index in [2.05, 4.69) is 32.9 Å². The van der Waals surface area contributed by atoms with Gasteiger partial charge in [-0.15, -0.1) is 0 Å². The molecular weight excluding hydrogens is 233 g/mol. The van der Waals surface area contributed by atoms with Gasteiger partial charge >= 0.3 is 0 Å². The van der Waals surface area contributed by atoms with Gasteiger partial charge in [-0.1, -0.05) is 29.5 Å². The van der Waals surface area contributed by atoms with Crippen LogP contribution >= 0.6 is 22.6 Å². The largest absolute Gasteiger partial charge is 0.277 e. The molecule has 0 aliphatic carbocycles. The highest BCUT2D eigenvalue weighted by atomic mass is 127. The molecule has 54 valence electrons. The Morgan fingerprint density at radius 2 is 2.44 bits per heavy atom. The Kier molecular flexibility index (Phi) is 5.07. The van der Waals surface area contributed by atoms with Gasteiger partial charge in [-0.05, 0) is 0 Å². The Bertz CT molecular complexity index is 95.0. The highest BCUT2D eigenvalue weighted by Gasteiger charge is 2.03. The second kappa shape index (κ2) is 4.99. The maximum atomic E-state index is 10.6. The van der Waals surface area contributed by atoms with E-state index in [1.165, 1.54) is 7.11 Å². The minimum Gasteiger partial charge on any atom is -0.277 e. The minimum absolute atomic E-state index is 0.0700. The molecule has 9 heavy (non-hydrogen) atoms. The van der Waals surface area contributed by atoms with E-state index in [1.807, 2.05) is 6.92 Å². The summed E-state index contributed by atoms with van der Waals surface area (Å²) in [6.45, 7) is 1.97. The summed E-state index contributed by atoms with van der Waals surface area (Å²) in [4.78, 5) is 15.0. The third-order valence-electron chi connectivity index (χ3n) is 0.683. The summed E-state index contributed by atoms with van der Waals surface area (Å²) in [6.07, 6.45) is 0.508. The normalized spacial score (nSPS) is 12.8. The molecule has 0 aliphatic rings. The minimum atomic E-state index is -0.0700. The first-order valence-corrected chi connectivity index (χ1v) is 3.87. The number of carbonyl (C=O) groups excluding carboxylic acids is 1. The van der Waals surface area contributed by atoms with Crippen LogP contribution in [0.1, 0.15) is 13.3 Å². The molecule has 0 saturated heterocycles. The molecule has 0 rings (SSSR count). The molecule has 1 N–H and O–H groups in total. The summed E-state index contributed by atoms with van der Waals surface area (Å²) in [5, 5.41) is 0. The maximum absolute atomic E-state index is 10.6. The maximum Gasteiger partial charge on any atom is 0.244 e. The SMILES string of the molecule is CONC(=O)CC(C)I. The molecule has 1 atom stereocenters. The number of carbonyl (C=O) groups is 1. The molecule has 1 unspecified atom stereocenters. The summed E-state index contributed by atoms with van der Waals surface area (Å²) in [7, 11) is 1.43. The van der Waals surface area contributed by atoms with Gasteiger partial charge in [0.25, 0.3) is 0 Å². The molecule has 0 aromatic heterocycles.